The molecule has 0 saturated carbocycles. The largest absolute Gasteiger partial charge is 0.322 e. The molecule has 0 saturated heterocycles. The van der Waals surface area contributed by atoms with E-state index in [1.807, 2.05) is 0 Å². The van der Waals surface area contributed by atoms with Crippen molar-refractivity contribution in [2.24, 2.45) is 0 Å². The quantitative estimate of drug-likeness (QED) is 0.850. The van der Waals surface area contributed by atoms with Gasteiger partial charge in [0.05, 0.1) is 4.90 Å². The highest BCUT2D eigenvalue weighted by Gasteiger charge is 2.23. The molecule has 0 bridgehead atoms. The molecule has 2 aromatic rings. The molecule has 26 heavy (non-hydrogen) atoms. The van der Waals surface area contributed by atoms with Crippen LogP contribution in [-0.4, -0.2) is 19.9 Å². The lowest BCUT2D eigenvalue weighted by molar-refractivity contribution is 0.102. The van der Waals surface area contributed by atoms with Crippen LogP contribution >= 0.6 is 0 Å². The second-order valence-corrected chi connectivity index (χ2v) is 8.93. The number of carbonyl (C=O) groups is 1. The molecule has 0 aliphatic carbocycles. The van der Waals surface area contributed by atoms with Crippen molar-refractivity contribution in [3.63, 3.8) is 0 Å². The van der Waals surface area contributed by atoms with E-state index in [2.05, 4.69) is 10.0 Å². The summed E-state index contributed by atoms with van der Waals surface area (Å²) in [5.41, 5.74) is 0.956. The number of amides is 1. The topological polar surface area (TPSA) is 75.3 Å². The average molecular weight is 378 g/mol. The molecule has 140 valence electrons. The highest BCUT2D eigenvalue weighted by atomic mass is 32.2. The van der Waals surface area contributed by atoms with Crippen LogP contribution < -0.4 is 10.0 Å². The van der Waals surface area contributed by atoms with Crippen molar-refractivity contribution < 1.29 is 17.6 Å². The Morgan fingerprint density at radius 1 is 1.00 bits per heavy atom. The van der Waals surface area contributed by atoms with E-state index in [1.165, 1.54) is 18.2 Å². The smallest absolute Gasteiger partial charge is 0.255 e. The van der Waals surface area contributed by atoms with Gasteiger partial charge in [-0.3, -0.25) is 4.79 Å². The average Bonchev–Trinajstić information content (AvgIpc) is 2.48. The summed E-state index contributed by atoms with van der Waals surface area (Å²) in [5, 5.41) is 2.60. The van der Waals surface area contributed by atoms with Gasteiger partial charge in [0, 0.05) is 16.8 Å². The molecule has 2 aromatic carbocycles. The van der Waals surface area contributed by atoms with Gasteiger partial charge in [0.1, 0.15) is 5.82 Å². The summed E-state index contributed by atoms with van der Waals surface area (Å²) < 4.78 is 41.2. The maximum Gasteiger partial charge on any atom is 0.255 e. The molecule has 0 aliphatic rings. The van der Waals surface area contributed by atoms with Crippen molar-refractivity contribution in [3.05, 3.63) is 58.9 Å². The Morgan fingerprint density at radius 2 is 1.62 bits per heavy atom. The highest BCUT2D eigenvalue weighted by molar-refractivity contribution is 7.89. The second-order valence-electron chi connectivity index (χ2n) is 7.25. The minimum Gasteiger partial charge on any atom is -0.322 e. The van der Waals surface area contributed by atoms with Gasteiger partial charge < -0.3 is 5.32 Å². The lowest BCUT2D eigenvalue weighted by Gasteiger charge is -2.20. The first kappa shape index (κ1) is 20.1. The maximum atomic E-state index is 13.7. The summed E-state index contributed by atoms with van der Waals surface area (Å²) in [6.07, 6.45) is 0. The van der Waals surface area contributed by atoms with Gasteiger partial charge in [-0.05, 0) is 70.0 Å². The van der Waals surface area contributed by atoms with Crippen LogP contribution in [0.4, 0.5) is 10.1 Å². The van der Waals surface area contributed by atoms with Gasteiger partial charge >= 0.3 is 0 Å². The molecule has 7 heteroatoms. The van der Waals surface area contributed by atoms with Crippen molar-refractivity contribution in [3.8, 4) is 0 Å². The fraction of sp³-hybridized carbons (Fsp3) is 0.316. The first-order chi connectivity index (χ1) is 11.9. The number of aryl methyl sites for hydroxylation is 2. The summed E-state index contributed by atoms with van der Waals surface area (Å²) in [6.45, 7) is 8.54. The molecular formula is C19H23FN2O3S. The minimum absolute atomic E-state index is 0.00161. The standard InChI is InChI=1S/C19H23FN2O3S/c1-12-7-9-15(26(24,25)22-19(3,4)5)11-16(12)18(23)21-14-8-6-13(2)17(20)10-14/h6-11,22H,1-5H3,(H,21,23). The van der Waals surface area contributed by atoms with E-state index in [-0.39, 0.29) is 10.5 Å². The van der Waals surface area contributed by atoms with E-state index in [0.717, 1.165) is 0 Å². The van der Waals surface area contributed by atoms with Gasteiger partial charge in [-0.25, -0.2) is 17.5 Å². The fourth-order valence-corrected chi connectivity index (χ4v) is 3.79. The Labute approximate surface area is 153 Å². The normalized spacial score (nSPS) is 12.1. The number of rotatable bonds is 4. The number of anilines is 1. The monoisotopic (exact) mass is 378 g/mol. The van der Waals surface area contributed by atoms with Crippen molar-refractivity contribution in [1.82, 2.24) is 4.72 Å². The molecule has 0 unspecified atom stereocenters. The third kappa shape index (κ3) is 4.89. The zero-order valence-electron chi connectivity index (χ0n) is 15.5. The number of nitrogens with one attached hydrogen (secondary N) is 2. The Morgan fingerprint density at radius 3 is 2.19 bits per heavy atom. The van der Waals surface area contributed by atoms with Crippen LogP contribution in [0.1, 0.15) is 42.3 Å². The summed E-state index contributed by atoms with van der Waals surface area (Å²) >= 11 is 0. The first-order valence-corrected chi connectivity index (χ1v) is 9.59. The molecule has 0 radical (unpaired) electrons. The Kier molecular flexibility index (Phi) is 5.53. The zero-order valence-corrected chi connectivity index (χ0v) is 16.3. The number of halogens is 1. The molecule has 1 amide bonds. The molecule has 2 rings (SSSR count). The zero-order chi connectivity index (χ0) is 19.7. The van der Waals surface area contributed by atoms with Gasteiger partial charge in [-0.15, -0.1) is 0 Å². The van der Waals surface area contributed by atoms with Gasteiger partial charge in [0.15, 0.2) is 0 Å². The molecule has 0 spiro atoms. The van der Waals surface area contributed by atoms with Crippen molar-refractivity contribution >= 4 is 21.6 Å². The molecule has 2 N–H and O–H groups in total. The number of carbonyl (C=O) groups excluding carboxylic acids is 1. The lowest BCUT2D eigenvalue weighted by Crippen LogP contribution is -2.40. The molecular weight excluding hydrogens is 355 g/mol. The highest BCUT2D eigenvalue weighted by Crippen LogP contribution is 2.20. The Hall–Kier alpha value is -2.25. The summed E-state index contributed by atoms with van der Waals surface area (Å²) in [4.78, 5) is 12.5. The molecule has 0 aromatic heterocycles. The van der Waals surface area contributed by atoms with Crippen molar-refractivity contribution in [2.75, 3.05) is 5.32 Å². The third-order valence-corrected chi connectivity index (χ3v) is 5.39. The van der Waals surface area contributed by atoms with Gasteiger partial charge in [-0.2, -0.15) is 0 Å². The van der Waals surface area contributed by atoms with E-state index in [4.69, 9.17) is 0 Å². The van der Waals surface area contributed by atoms with Crippen LogP contribution in [0.5, 0.6) is 0 Å². The van der Waals surface area contributed by atoms with Crippen LogP contribution in [0.25, 0.3) is 0 Å². The molecule has 5 nitrogen and oxygen atoms in total. The van der Waals surface area contributed by atoms with Crippen molar-refractivity contribution in [2.45, 2.75) is 45.1 Å². The summed E-state index contributed by atoms with van der Waals surface area (Å²) in [7, 11) is -3.77. The Balaban J connectivity index is 2.34. The van der Waals surface area contributed by atoms with Crippen LogP contribution in [0.15, 0.2) is 41.3 Å². The van der Waals surface area contributed by atoms with E-state index >= 15 is 0 Å². The number of sulfonamides is 1. The molecule has 0 fully saturated rings. The molecule has 0 aliphatic heterocycles. The molecule has 0 atom stereocenters. The number of benzene rings is 2. The van der Waals surface area contributed by atoms with Crippen molar-refractivity contribution in [1.29, 1.82) is 0 Å². The summed E-state index contributed by atoms with van der Waals surface area (Å²) in [5.74, 6) is -0.927. The number of hydrogen-bond donors (Lipinski definition) is 2. The van der Waals surface area contributed by atoms with Gasteiger partial charge in [0.2, 0.25) is 10.0 Å². The summed E-state index contributed by atoms with van der Waals surface area (Å²) in [6, 6.07) is 8.72. The van der Waals surface area contributed by atoms with Crippen LogP contribution in [-0.2, 0) is 10.0 Å². The van der Waals surface area contributed by atoms with Gasteiger partial charge in [0.25, 0.3) is 5.91 Å². The maximum absolute atomic E-state index is 13.7. The van der Waals surface area contributed by atoms with E-state index < -0.39 is 27.3 Å². The minimum atomic E-state index is -3.77. The third-order valence-electron chi connectivity index (χ3n) is 3.63. The van der Waals surface area contributed by atoms with Gasteiger partial charge in [-0.1, -0.05) is 12.1 Å². The predicted molar refractivity (Wildman–Crippen MR) is 100 cm³/mol. The van der Waals surface area contributed by atoms with E-state index in [9.17, 15) is 17.6 Å². The molecule has 0 heterocycles. The number of hydrogen-bond acceptors (Lipinski definition) is 3. The van der Waals surface area contributed by atoms with Crippen LogP contribution in [0, 0.1) is 19.7 Å². The SMILES string of the molecule is Cc1ccc(NC(=O)c2cc(S(=O)(=O)NC(C)(C)C)ccc2C)cc1F. The van der Waals surface area contributed by atoms with E-state index in [0.29, 0.717) is 16.8 Å². The Bertz CT molecular complexity index is 948. The lowest BCUT2D eigenvalue weighted by atomic mass is 10.1. The predicted octanol–water partition coefficient (Wildman–Crippen LogP) is 3.77. The fourth-order valence-electron chi connectivity index (χ4n) is 2.34. The van der Waals surface area contributed by atoms with E-state index in [1.54, 1.807) is 52.8 Å². The van der Waals surface area contributed by atoms with Crippen LogP contribution in [0.3, 0.4) is 0 Å². The van der Waals surface area contributed by atoms with Crippen LogP contribution in [0.2, 0.25) is 0 Å². The first-order valence-electron chi connectivity index (χ1n) is 8.11. The second kappa shape index (κ2) is 7.17.